The van der Waals surface area contributed by atoms with Crippen molar-refractivity contribution in [2.75, 3.05) is 13.7 Å². The third kappa shape index (κ3) is 5.01. The molecule has 130 valence electrons. The van der Waals surface area contributed by atoms with Gasteiger partial charge in [0.15, 0.2) is 0 Å². The lowest BCUT2D eigenvalue weighted by atomic mass is 10.0. The molecular weight excluding hydrogens is 326 g/mol. The van der Waals surface area contributed by atoms with E-state index in [4.69, 9.17) is 4.74 Å². The molecule has 2 aromatic rings. The van der Waals surface area contributed by atoms with Gasteiger partial charge in [0.1, 0.15) is 5.69 Å². The highest BCUT2D eigenvalue weighted by atomic mass is 32.1. The van der Waals surface area contributed by atoms with Crippen molar-refractivity contribution in [3.63, 3.8) is 0 Å². The molecule has 0 aliphatic heterocycles. The lowest BCUT2D eigenvalue weighted by molar-refractivity contribution is 0.0924. The van der Waals surface area contributed by atoms with Crippen LogP contribution in [0.3, 0.4) is 0 Å². The summed E-state index contributed by atoms with van der Waals surface area (Å²) in [5, 5.41) is 9.17. The first-order valence-corrected chi connectivity index (χ1v) is 8.80. The third-order valence-corrected chi connectivity index (χ3v) is 4.49. The Bertz CT molecular complexity index is 710. The molecule has 24 heavy (non-hydrogen) atoms. The number of hydrogen-bond donors (Lipinski definition) is 1. The first-order chi connectivity index (χ1) is 11.5. The minimum atomic E-state index is -0.278. The minimum Gasteiger partial charge on any atom is -0.383 e. The molecule has 0 aliphatic carbocycles. The smallest absolute Gasteiger partial charge is 0.272 e. The van der Waals surface area contributed by atoms with Crippen molar-refractivity contribution in [2.45, 2.75) is 32.9 Å². The van der Waals surface area contributed by atoms with E-state index in [1.54, 1.807) is 18.4 Å². The fraction of sp³-hybridized carbons (Fsp3) is 0.471. The number of aromatic nitrogens is 2. The van der Waals surface area contributed by atoms with Gasteiger partial charge in [-0.1, -0.05) is 19.9 Å². The first-order valence-electron chi connectivity index (χ1n) is 7.92. The highest BCUT2D eigenvalue weighted by Gasteiger charge is 2.19. The van der Waals surface area contributed by atoms with Crippen LogP contribution in [0.1, 0.15) is 41.7 Å². The molecule has 7 heteroatoms. The van der Waals surface area contributed by atoms with Gasteiger partial charge in [0, 0.05) is 18.1 Å². The maximum atomic E-state index is 12.6. The summed E-state index contributed by atoms with van der Waals surface area (Å²) in [5.74, 6) is 0.168. The van der Waals surface area contributed by atoms with E-state index in [0.717, 1.165) is 11.3 Å². The van der Waals surface area contributed by atoms with Gasteiger partial charge in [-0.25, -0.2) is 4.68 Å². The van der Waals surface area contributed by atoms with Gasteiger partial charge in [-0.3, -0.25) is 9.59 Å². The lowest BCUT2D eigenvalue weighted by Crippen LogP contribution is -2.33. The highest BCUT2D eigenvalue weighted by molar-refractivity contribution is 7.10. The van der Waals surface area contributed by atoms with Crippen LogP contribution < -0.4 is 10.9 Å². The Morgan fingerprint density at radius 3 is 2.79 bits per heavy atom. The van der Waals surface area contributed by atoms with Crippen LogP contribution in [0.4, 0.5) is 0 Å². The average molecular weight is 349 g/mol. The van der Waals surface area contributed by atoms with Crippen LogP contribution in [0.2, 0.25) is 0 Å². The van der Waals surface area contributed by atoms with Crippen LogP contribution in [0.5, 0.6) is 0 Å². The van der Waals surface area contributed by atoms with Gasteiger partial charge in [-0.05, 0) is 29.9 Å². The third-order valence-electron chi connectivity index (χ3n) is 3.51. The Kier molecular flexibility index (Phi) is 6.69. The molecule has 6 nitrogen and oxygen atoms in total. The van der Waals surface area contributed by atoms with Crippen molar-refractivity contribution in [3.05, 3.63) is 50.6 Å². The monoisotopic (exact) mass is 349 g/mol. The number of nitrogens with one attached hydrogen (secondary N) is 1. The van der Waals surface area contributed by atoms with Gasteiger partial charge in [-0.15, -0.1) is 11.3 Å². The van der Waals surface area contributed by atoms with Gasteiger partial charge in [-0.2, -0.15) is 5.10 Å². The molecule has 0 aliphatic rings. The zero-order chi connectivity index (χ0) is 17.5. The van der Waals surface area contributed by atoms with Gasteiger partial charge in [0.05, 0.1) is 19.2 Å². The number of methoxy groups -OCH3 is 1. The highest BCUT2D eigenvalue weighted by Crippen LogP contribution is 2.25. The second kappa shape index (κ2) is 8.75. The van der Waals surface area contributed by atoms with E-state index in [0.29, 0.717) is 19.1 Å². The van der Waals surface area contributed by atoms with Crippen LogP contribution in [0.15, 0.2) is 34.4 Å². The summed E-state index contributed by atoms with van der Waals surface area (Å²) in [5.41, 5.74) is -0.0170. The molecule has 2 heterocycles. The zero-order valence-corrected chi connectivity index (χ0v) is 15.0. The van der Waals surface area contributed by atoms with E-state index in [2.05, 4.69) is 24.3 Å². The number of thiophene rings is 1. The number of hydrogen-bond acceptors (Lipinski definition) is 5. The molecule has 1 N–H and O–H groups in total. The maximum absolute atomic E-state index is 12.6. The van der Waals surface area contributed by atoms with Gasteiger partial charge >= 0.3 is 0 Å². The second-order valence-corrected chi connectivity index (χ2v) is 6.92. The van der Waals surface area contributed by atoms with Crippen LogP contribution in [-0.2, 0) is 11.3 Å². The summed E-state index contributed by atoms with van der Waals surface area (Å²) >= 11 is 1.62. The van der Waals surface area contributed by atoms with E-state index in [-0.39, 0.29) is 23.2 Å². The van der Waals surface area contributed by atoms with Crippen LogP contribution in [-0.4, -0.2) is 29.4 Å². The molecule has 0 spiro atoms. The fourth-order valence-corrected chi connectivity index (χ4v) is 3.14. The van der Waals surface area contributed by atoms with Gasteiger partial charge in [0.2, 0.25) is 0 Å². The zero-order valence-electron chi connectivity index (χ0n) is 14.2. The number of ether oxygens (including phenoxy) is 1. The summed E-state index contributed by atoms with van der Waals surface area (Å²) < 4.78 is 6.21. The van der Waals surface area contributed by atoms with Crippen molar-refractivity contribution < 1.29 is 9.53 Å². The number of carbonyl (C=O) groups excluding carboxylic acids is 1. The summed E-state index contributed by atoms with van der Waals surface area (Å²) in [7, 11) is 1.55. The van der Waals surface area contributed by atoms with Crippen LogP contribution >= 0.6 is 11.3 Å². The Morgan fingerprint density at radius 1 is 1.38 bits per heavy atom. The van der Waals surface area contributed by atoms with E-state index in [9.17, 15) is 9.59 Å². The molecule has 1 atom stereocenters. The van der Waals surface area contributed by atoms with Gasteiger partial charge < -0.3 is 10.1 Å². The quantitative estimate of drug-likeness (QED) is 0.794. The van der Waals surface area contributed by atoms with E-state index >= 15 is 0 Å². The van der Waals surface area contributed by atoms with Gasteiger partial charge in [0.25, 0.3) is 11.5 Å². The standard InChI is InChI=1S/C17H23N3O3S/c1-12(2)11-14(15-5-4-10-24-15)18-17(22)13-6-7-16(21)20(19-13)8-9-23-3/h4-7,10,12,14H,8-9,11H2,1-3H3,(H,18,22)/t14-/m1/s1. The van der Waals surface area contributed by atoms with E-state index in [1.807, 2.05) is 17.5 Å². The Hall–Kier alpha value is -1.99. The largest absolute Gasteiger partial charge is 0.383 e. The molecular formula is C17H23N3O3S. The average Bonchev–Trinajstić information content (AvgIpc) is 3.07. The first kappa shape index (κ1) is 18.4. The molecule has 0 fully saturated rings. The van der Waals surface area contributed by atoms with Crippen molar-refractivity contribution >= 4 is 17.2 Å². The summed E-state index contributed by atoms with van der Waals surface area (Å²) in [6, 6.07) is 6.76. The number of carbonyl (C=O) groups is 1. The lowest BCUT2D eigenvalue weighted by Gasteiger charge is -2.19. The summed E-state index contributed by atoms with van der Waals surface area (Å²) in [6.07, 6.45) is 0.843. The maximum Gasteiger partial charge on any atom is 0.272 e. The molecule has 0 unspecified atom stereocenters. The molecule has 0 saturated carbocycles. The number of amides is 1. The molecule has 2 aromatic heterocycles. The molecule has 1 amide bonds. The topological polar surface area (TPSA) is 73.2 Å². The Balaban J connectivity index is 2.16. The molecule has 0 bridgehead atoms. The molecule has 0 aromatic carbocycles. The van der Waals surface area contributed by atoms with E-state index in [1.165, 1.54) is 16.8 Å². The fourth-order valence-electron chi connectivity index (χ4n) is 2.35. The molecule has 0 saturated heterocycles. The predicted molar refractivity (Wildman–Crippen MR) is 94.4 cm³/mol. The predicted octanol–water partition coefficient (Wildman–Crippen LogP) is 2.47. The normalized spacial score (nSPS) is 12.3. The van der Waals surface area contributed by atoms with Crippen molar-refractivity contribution in [2.24, 2.45) is 5.92 Å². The van der Waals surface area contributed by atoms with Crippen LogP contribution in [0, 0.1) is 5.92 Å². The summed E-state index contributed by atoms with van der Waals surface area (Å²) in [6.45, 7) is 4.92. The second-order valence-electron chi connectivity index (χ2n) is 5.94. The molecule has 0 radical (unpaired) electrons. The van der Waals surface area contributed by atoms with Crippen LogP contribution in [0.25, 0.3) is 0 Å². The number of rotatable bonds is 8. The SMILES string of the molecule is COCCn1nc(C(=O)N[C@H](CC(C)C)c2cccs2)ccc1=O. The summed E-state index contributed by atoms with van der Waals surface area (Å²) in [4.78, 5) is 25.4. The Labute approximate surface area is 145 Å². The van der Waals surface area contributed by atoms with E-state index < -0.39 is 0 Å². The Morgan fingerprint density at radius 2 is 2.17 bits per heavy atom. The molecule has 2 rings (SSSR count). The minimum absolute atomic E-state index is 0.0568. The van der Waals surface area contributed by atoms with Crippen molar-refractivity contribution in [1.29, 1.82) is 0 Å². The number of nitrogens with zero attached hydrogens (tertiary/aromatic N) is 2. The van der Waals surface area contributed by atoms with Crippen molar-refractivity contribution in [3.8, 4) is 0 Å². The van der Waals surface area contributed by atoms with Crippen molar-refractivity contribution in [1.82, 2.24) is 15.1 Å².